The quantitative estimate of drug-likeness (QED) is 0.318. The number of carbonyl (C=O) groups is 1. The predicted octanol–water partition coefficient (Wildman–Crippen LogP) is 0.496. The van der Waals surface area contributed by atoms with E-state index in [1.165, 1.54) is 0 Å². The fraction of sp³-hybridized carbons (Fsp3) is 0. The Kier molecular flexibility index (Phi) is 4.97. The van der Waals surface area contributed by atoms with Crippen LogP contribution in [0.3, 0.4) is 0 Å². The molecule has 0 aliphatic carbocycles. The Hall–Kier alpha value is -1.95. The Morgan fingerprint density at radius 3 is 2.20 bits per heavy atom. The average molecular weight is 230 g/mol. The first-order chi connectivity index (χ1) is 6.58. The van der Waals surface area contributed by atoms with Crippen LogP contribution in [-0.2, 0) is 0 Å². The van der Waals surface area contributed by atoms with Crippen molar-refractivity contribution in [3.05, 3.63) is 24.3 Å². The maximum Gasteiger partial charge on any atom is 0.348 e. The van der Waals surface area contributed by atoms with Crippen molar-refractivity contribution in [3.63, 3.8) is 0 Å². The highest BCUT2D eigenvalue weighted by molar-refractivity contribution is 5.98. The van der Waals surface area contributed by atoms with E-state index in [0.717, 1.165) is 0 Å². The van der Waals surface area contributed by atoms with E-state index in [-0.39, 0.29) is 18.4 Å². The Morgan fingerprint density at radius 2 is 1.73 bits per heavy atom. The fourth-order valence-corrected chi connectivity index (χ4v) is 0.835. The van der Waals surface area contributed by atoms with Gasteiger partial charge in [0.25, 0.3) is 0 Å². The van der Waals surface area contributed by atoms with Gasteiger partial charge in [-0.05, 0) is 24.3 Å². The Bertz CT molecular complexity index is 358. The van der Waals surface area contributed by atoms with E-state index in [1.807, 2.05) is 0 Å². The summed E-state index contributed by atoms with van der Waals surface area (Å²) in [6.07, 6.45) is 0. The van der Waals surface area contributed by atoms with Gasteiger partial charge >= 0.3 is 6.03 Å². The van der Waals surface area contributed by atoms with Crippen LogP contribution < -0.4 is 22.5 Å². The number of nitrogen functional groups attached to an aromatic ring is 1. The molecule has 0 heterocycles. The van der Waals surface area contributed by atoms with Crippen LogP contribution >= 0.6 is 12.4 Å². The molecule has 7 N–H and O–H groups in total. The highest BCUT2D eigenvalue weighted by atomic mass is 35.5. The smallest absolute Gasteiger partial charge is 0.348 e. The summed E-state index contributed by atoms with van der Waals surface area (Å²) in [7, 11) is 0. The van der Waals surface area contributed by atoms with Crippen molar-refractivity contribution in [1.29, 1.82) is 0 Å². The third kappa shape index (κ3) is 4.72. The number of nitrogens with two attached hydrogens (primary N) is 3. The average Bonchev–Trinajstić information content (AvgIpc) is 2.07. The summed E-state index contributed by atoms with van der Waals surface area (Å²) >= 11 is 0. The molecular formula is C8H12ClN5O. The highest BCUT2D eigenvalue weighted by Crippen LogP contribution is 2.10. The summed E-state index contributed by atoms with van der Waals surface area (Å²) < 4.78 is 0. The summed E-state index contributed by atoms with van der Waals surface area (Å²) in [4.78, 5) is 14.3. The Balaban J connectivity index is 0.00000196. The fourth-order valence-electron chi connectivity index (χ4n) is 0.835. The predicted molar refractivity (Wildman–Crippen MR) is 62.9 cm³/mol. The topological polar surface area (TPSA) is 120 Å². The first kappa shape index (κ1) is 13.1. The first-order valence-corrected chi connectivity index (χ1v) is 3.84. The van der Waals surface area contributed by atoms with Gasteiger partial charge in [0.05, 0.1) is 0 Å². The summed E-state index contributed by atoms with van der Waals surface area (Å²) in [6, 6.07) is 6.00. The Morgan fingerprint density at radius 1 is 1.20 bits per heavy atom. The van der Waals surface area contributed by atoms with Gasteiger partial charge in [-0.2, -0.15) is 4.99 Å². The highest BCUT2D eigenvalue weighted by Gasteiger charge is 1.98. The molecule has 0 saturated heterocycles. The van der Waals surface area contributed by atoms with Crippen LogP contribution in [0.2, 0.25) is 0 Å². The van der Waals surface area contributed by atoms with Gasteiger partial charge in [0.2, 0.25) is 0 Å². The molecule has 1 aromatic carbocycles. The van der Waals surface area contributed by atoms with E-state index >= 15 is 0 Å². The molecule has 0 bridgehead atoms. The SMILES string of the molecule is Cl.NC(N)=NC(=O)Nc1ccc(N)cc1. The molecule has 0 aliphatic rings. The zero-order chi connectivity index (χ0) is 10.6. The van der Waals surface area contributed by atoms with E-state index in [2.05, 4.69) is 10.3 Å². The largest absolute Gasteiger partial charge is 0.399 e. The first-order valence-electron chi connectivity index (χ1n) is 3.84. The van der Waals surface area contributed by atoms with Crippen LogP contribution in [0.1, 0.15) is 0 Å². The lowest BCUT2D eigenvalue weighted by molar-refractivity contribution is 0.259. The summed E-state index contributed by atoms with van der Waals surface area (Å²) in [6.45, 7) is 0. The molecule has 0 unspecified atom stereocenters. The van der Waals surface area contributed by atoms with Crippen LogP contribution in [0, 0.1) is 0 Å². The van der Waals surface area contributed by atoms with Gasteiger partial charge < -0.3 is 22.5 Å². The molecule has 0 aromatic heterocycles. The minimum atomic E-state index is -0.616. The van der Waals surface area contributed by atoms with Gasteiger partial charge in [-0.25, -0.2) is 4.79 Å². The van der Waals surface area contributed by atoms with E-state index in [4.69, 9.17) is 17.2 Å². The molecule has 0 aliphatic heterocycles. The number of amides is 2. The lowest BCUT2D eigenvalue weighted by atomic mass is 10.3. The van der Waals surface area contributed by atoms with Crippen LogP contribution in [0.15, 0.2) is 29.3 Å². The molecule has 2 amide bonds. The van der Waals surface area contributed by atoms with Crippen LogP contribution in [-0.4, -0.2) is 12.0 Å². The zero-order valence-corrected chi connectivity index (χ0v) is 8.62. The number of hydrogen-bond donors (Lipinski definition) is 4. The lowest BCUT2D eigenvalue weighted by Crippen LogP contribution is -2.25. The number of anilines is 2. The van der Waals surface area contributed by atoms with Crippen molar-refractivity contribution in [3.8, 4) is 0 Å². The molecule has 0 spiro atoms. The van der Waals surface area contributed by atoms with Crippen molar-refractivity contribution in [2.24, 2.45) is 16.5 Å². The second-order valence-electron chi connectivity index (χ2n) is 2.59. The second-order valence-corrected chi connectivity index (χ2v) is 2.59. The van der Waals surface area contributed by atoms with E-state index in [1.54, 1.807) is 24.3 Å². The second kappa shape index (κ2) is 5.71. The van der Waals surface area contributed by atoms with Gasteiger partial charge in [-0.15, -0.1) is 12.4 Å². The van der Waals surface area contributed by atoms with Gasteiger partial charge in [-0.1, -0.05) is 0 Å². The zero-order valence-electron chi connectivity index (χ0n) is 7.81. The van der Waals surface area contributed by atoms with E-state index in [9.17, 15) is 4.79 Å². The number of nitrogens with zero attached hydrogens (tertiary/aromatic N) is 1. The number of nitrogens with one attached hydrogen (secondary N) is 1. The summed E-state index contributed by atoms with van der Waals surface area (Å²) in [5.74, 6) is -0.280. The molecular weight excluding hydrogens is 218 g/mol. The number of benzene rings is 1. The number of carbonyl (C=O) groups excluding carboxylic acids is 1. The lowest BCUT2D eigenvalue weighted by Gasteiger charge is -2.01. The maximum absolute atomic E-state index is 11.0. The standard InChI is InChI=1S/C8H11N5O.ClH/c9-5-1-3-6(4-2-5)12-8(14)13-7(10)11;/h1-4H,9H2,(H5,10,11,12,13,14);1H. The van der Waals surface area contributed by atoms with E-state index in [0.29, 0.717) is 11.4 Å². The molecule has 6 nitrogen and oxygen atoms in total. The number of urea groups is 1. The number of halogens is 1. The molecule has 7 heteroatoms. The molecule has 0 saturated carbocycles. The molecule has 15 heavy (non-hydrogen) atoms. The van der Waals surface area contributed by atoms with Gasteiger partial charge in [0.1, 0.15) is 0 Å². The van der Waals surface area contributed by atoms with Crippen LogP contribution in [0.4, 0.5) is 16.2 Å². The number of guanidine groups is 1. The summed E-state index contributed by atoms with van der Waals surface area (Å²) in [5.41, 5.74) is 16.7. The van der Waals surface area contributed by atoms with E-state index < -0.39 is 6.03 Å². The number of hydrogen-bond acceptors (Lipinski definition) is 2. The molecule has 1 aromatic rings. The molecule has 0 atom stereocenters. The van der Waals surface area contributed by atoms with Crippen molar-refractivity contribution >= 4 is 35.8 Å². The van der Waals surface area contributed by atoms with Crippen LogP contribution in [0.5, 0.6) is 0 Å². The van der Waals surface area contributed by atoms with Crippen molar-refractivity contribution < 1.29 is 4.79 Å². The van der Waals surface area contributed by atoms with Crippen molar-refractivity contribution in [1.82, 2.24) is 0 Å². The Labute approximate surface area is 92.9 Å². The number of rotatable bonds is 1. The minimum Gasteiger partial charge on any atom is -0.399 e. The van der Waals surface area contributed by atoms with Crippen molar-refractivity contribution in [2.45, 2.75) is 0 Å². The monoisotopic (exact) mass is 229 g/mol. The third-order valence-electron chi connectivity index (χ3n) is 1.39. The third-order valence-corrected chi connectivity index (χ3v) is 1.39. The molecule has 82 valence electrons. The van der Waals surface area contributed by atoms with Gasteiger partial charge in [-0.3, -0.25) is 0 Å². The van der Waals surface area contributed by atoms with Crippen molar-refractivity contribution in [2.75, 3.05) is 11.1 Å². The minimum absolute atomic E-state index is 0. The molecule has 1 rings (SSSR count). The van der Waals surface area contributed by atoms with Gasteiger partial charge in [0, 0.05) is 11.4 Å². The summed E-state index contributed by atoms with van der Waals surface area (Å²) in [5, 5.41) is 2.46. The van der Waals surface area contributed by atoms with Gasteiger partial charge in [0.15, 0.2) is 5.96 Å². The molecule has 0 fully saturated rings. The normalized spacial score (nSPS) is 8.53. The maximum atomic E-state index is 11.0. The van der Waals surface area contributed by atoms with Crippen LogP contribution in [0.25, 0.3) is 0 Å². The number of aliphatic imine (C=N–C) groups is 1. The molecule has 0 radical (unpaired) electrons.